The fourth-order valence-corrected chi connectivity index (χ4v) is 2.06. The van der Waals surface area contributed by atoms with Crippen molar-refractivity contribution in [2.45, 2.75) is 39.3 Å². The maximum atomic E-state index is 10.1. The molecule has 20 heavy (non-hydrogen) atoms. The van der Waals surface area contributed by atoms with Crippen LogP contribution in [0.1, 0.15) is 37.0 Å². The lowest BCUT2D eigenvalue weighted by Gasteiger charge is -2.10. The fourth-order valence-electron chi connectivity index (χ4n) is 2.06. The predicted octanol–water partition coefficient (Wildman–Crippen LogP) is 3.10. The lowest BCUT2D eigenvalue weighted by Crippen LogP contribution is -2.05. The minimum atomic E-state index is -0.523. The monoisotopic (exact) mass is 274 g/mol. The smallest absolute Gasteiger partial charge is 0.119 e. The molecule has 0 saturated carbocycles. The number of benzene rings is 1. The summed E-state index contributed by atoms with van der Waals surface area (Å²) in [5.41, 5.74) is 2.02. The zero-order valence-corrected chi connectivity index (χ0v) is 12.1. The highest BCUT2D eigenvalue weighted by molar-refractivity contribution is 5.27. The Bertz CT molecular complexity index is 537. The third-order valence-electron chi connectivity index (χ3n) is 3.14. The molecule has 0 aliphatic rings. The minimum absolute atomic E-state index is 0.490. The number of hydrogen-bond acceptors (Lipinski definition) is 3. The van der Waals surface area contributed by atoms with Crippen LogP contribution in [-0.4, -0.2) is 21.5 Å². The average molecular weight is 274 g/mol. The van der Waals surface area contributed by atoms with E-state index in [1.165, 1.54) is 5.56 Å². The third-order valence-corrected chi connectivity index (χ3v) is 3.14. The van der Waals surface area contributed by atoms with Crippen LogP contribution in [0.5, 0.6) is 5.75 Å². The molecule has 1 aromatic heterocycles. The standard InChI is InChI=1S/C16H22N2O2/c1-3-8-18-12-14(11-17-18)16(19)7-9-20-15-6-4-5-13(2)10-15/h4-6,10-12,16,19H,3,7-9H2,1-2H3. The van der Waals surface area contributed by atoms with Crippen LogP contribution in [0.25, 0.3) is 0 Å². The molecule has 1 unspecified atom stereocenters. The fraction of sp³-hybridized carbons (Fsp3) is 0.438. The molecule has 0 bridgehead atoms. The first kappa shape index (κ1) is 14.6. The van der Waals surface area contributed by atoms with E-state index in [4.69, 9.17) is 4.74 Å². The number of ether oxygens (including phenoxy) is 1. The van der Waals surface area contributed by atoms with Crippen LogP contribution in [-0.2, 0) is 6.54 Å². The number of aliphatic hydroxyl groups is 1. The Hall–Kier alpha value is -1.81. The second-order valence-electron chi connectivity index (χ2n) is 5.01. The van der Waals surface area contributed by atoms with Crippen molar-refractivity contribution in [2.24, 2.45) is 0 Å². The van der Waals surface area contributed by atoms with Crippen molar-refractivity contribution < 1.29 is 9.84 Å². The van der Waals surface area contributed by atoms with Gasteiger partial charge in [-0.15, -0.1) is 0 Å². The average Bonchev–Trinajstić information content (AvgIpc) is 2.88. The van der Waals surface area contributed by atoms with Crippen LogP contribution >= 0.6 is 0 Å². The van der Waals surface area contributed by atoms with Crippen LogP contribution in [0, 0.1) is 6.92 Å². The largest absolute Gasteiger partial charge is 0.493 e. The lowest BCUT2D eigenvalue weighted by molar-refractivity contribution is 0.140. The lowest BCUT2D eigenvalue weighted by atomic mass is 10.1. The summed E-state index contributed by atoms with van der Waals surface area (Å²) in [6.45, 7) is 5.51. The van der Waals surface area contributed by atoms with Crippen LogP contribution in [0.15, 0.2) is 36.7 Å². The van der Waals surface area contributed by atoms with Gasteiger partial charge in [-0.05, 0) is 31.0 Å². The highest BCUT2D eigenvalue weighted by atomic mass is 16.5. The zero-order valence-electron chi connectivity index (χ0n) is 12.1. The molecular weight excluding hydrogens is 252 g/mol. The number of aryl methyl sites for hydroxylation is 2. The molecule has 0 spiro atoms. The van der Waals surface area contributed by atoms with Crippen LogP contribution in [0.4, 0.5) is 0 Å². The molecule has 0 radical (unpaired) electrons. The van der Waals surface area contributed by atoms with E-state index in [0.717, 1.165) is 24.3 Å². The van der Waals surface area contributed by atoms with Gasteiger partial charge in [-0.2, -0.15) is 5.10 Å². The Morgan fingerprint density at radius 1 is 1.40 bits per heavy atom. The Morgan fingerprint density at radius 2 is 2.25 bits per heavy atom. The number of hydrogen-bond donors (Lipinski definition) is 1. The van der Waals surface area contributed by atoms with Crippen LogP contribution in [0.2, 0.25) is 0 Å². The maximum Gasteiger partial charge on any atom is 0.119 e. The van der Waals surface area contributed by atoms with Gasteiger partial charge in [0.1, 0.15) is 5.75 Å². The molecule has 0 aliphatic carbocycles. The van der Waals surface area contributed by atoms with E-state index >= 15 is 0 Å². The van der Waals surface area contributed by atoms with Gasteiger partial charge in [-0.25, -0.2) is 0 Å². The molecule has 1 aromatic carbocycles. The van der Waals surface area contributed by atoms with E-state index in [9.17, 15) is 5.11 Å². The van der Waals surface area contributed by atoms with Crippen molar-refractivity contribution in [1.82, 2.24) is 9.78 Å². The SMILES string of the molecule is CCCn1cc(C(O)CCOc2cccc(C)c2)cn1. The van der Waals surface area contributed by atoms with E-state index in [1.807, 2.05) is 42.1 Å². The van der Waals surface area contributed by atoms with E-state index in [-0.39, 0.29) is 0 Å². The van der Waals surface area contributed by atoms with E-state index in [1.54, 1.807) is 6.20 Å². The first-order valence-electron chi connectivity index (χ1n) is 7.09. The number of aromatic nitrogens is 2. The molecule has 1 heterocycles. The molecule has 2 aromatic rings. The summed E-state index contributed by atoms with van der Waals surface area (Å²) in [4.78, 5) is 0. The van der Waals surface area contributed by atoms with Crippen molar-refractivity contribution in [3.8, 4) is 5.75 Å². The zero-order chi connectivity index (χ0) is 14.4. The number of rotatable bonds is 7. The van der Waals surface area contributed by atoms with Crippen LogP contribution in [0.3, 0.4) is 0 Å². The maximum absolute atomic E-state index is 10.1. The van der Waals surface area contributed by atoms with Crippen molar-refractivity contribution in [2.75, 3.05) is 6.61 Å². The Morgan fingerprint density at radius 3 is 3.00 bits per heavy atom. The number of nitrogens with zero attached hydrogens (tertiary/aromatic N) is 2. The molecule has 1 atom stereocenters. The van der Waals surface area contributed by atoms with Gasteiger partial charge in [0.2, 0.25) is 0 Å². The third kappa shape index (κ3) is 4.10. The van der Waals surface area contributed by atoms with Gasteiger partial charge in [0.15, 0.2) is 0 Å². The van der Waals surface area contributed by atoms with Crippen molar-refractivity contribution in [3.05, 3.63) is 47.8 Å². The van der Waals surface area contributed by atoms with Crippen LogP contribution < -0.4 is 4.74 Å². The highest BCUT2D eigenvalue weighted by Gasteiger charge is 2.10. The molecule has 4 nitrogen and oxygen atoms in total. The van der Waals surface area contributed by atoms with Gasteiger partial charge in [-0.3, -0.25) is 4.68 Å². The van der Waals surface area contributed by atoms with Gasteiger partial charge >= 0.3 is 0 Å². The molecule has 1 N–H and O–H groups in total. The predicted molar refractivity (Wildman–Crippen MR) is 78.8 cm³/mol. The minimum Gasteiger partial charge on any atom is -0.493 e. The van der Waals surface area contributed by atoms with Gasteiger partial charge in [0, 0.05) is 24.7 Å². The summed E-state index contributed by atoms with van der Waals surface area (Å²) in [7, 11) is 0. The summed E-state index contributed by atoms with van der Waals surface area (Å²) in [5.74, 6) is 0.846. The molecular formula is C16H22N2O2. The van der Waals surface area contributed by atoms with Crippen molar-refractivity contribution in [1.29, 1.82) is 0 Å². The molecule has 108 valence electrons. The molecule has 0 aliphatic heterocycles. The van der Waals surface area contributed by atoms with Crippen molar-refractivity contribution >= 4 is 0 Å². The molecule has 0 amide bonds. The van der Waals surface area contributed by atoms with Gasteiger partial charge in [0.25, 0.3) is 0 Å². The normalized spacial score (nSPS) is 12.3. The van der Waals surface area contributed by atoms with Crippen molar-refractivity contribution in [3.63, 3.8) is 0 Å². The molecule has 0 saturated heterocycles. The summed E-state index contributed by atoms with van der Waals surface area (Å²) >= 11 is 0. The van der Waals surface area contributed by atoms with Gasteiger partial charge in [0.05, 0.1) is 18.9 Å². The molecule has 0 fully saturated rings. The Balaban J connectivity index is 1.81. The first-order valence-corrected chi connectivity index (χ1v) is 7.09. The van der Waals surface area contributed by atoms with E-state index in [0.29, 0.717) is 13.0 Å². The second kappa shape index (κ2) is 7.10. The molecule has 4 heteroatoms. The highest BCUT2D eigenvalue weighted by Crippen LogP contribution is 2.18. The van der Waals surface area contributed by atoms with E-state index in [2.05, 4.69) is 12.0 Å². The quantitative estimate of drug-likeness (QED) is 0.844. The topological polar surface area (TPSA) is 47.3 Å². The first-order chi connectivity index (χ1) is 9.69. The van der Waals surface area contributed by atoms with Gasteiger partial charge < -0.3 is 9.84 Å². The summed E-state index contributed by atoms with van der Waals surface area (Å²) in [6, 6.07) is 7.92. The number of aliphatic hydroxyl groups excluding tert-OH is 1. The summed E-state index contributed by atoms with van der Waals surface area (Å²) < 4.78 is 7.51. The Labute approximate surface area is 120 Å². The molecule has 2 rings (SSSR count). The van der Waals surface area contributed by atoms with E-state index < -0.39 is 6.10 Å². The van der Waals surface area contributed by atoms with Gasteiger partial charge in [-0.1, -0.05) is 19.1 Å². The summed E-state index contributed by atoms with van der Waals surface area (Å²) in [5, 5.41) is 14.3. The second-order valence-corrected chi connectivity index (χ2v) is 5.01. The Kier molecular flexibility index (Phi) is 5.18. The summed E-state index contributed by atoms with van der Waals surface area (Å²) in [6.07, 6.45) is 4.71.